The van der Waals surface area contributed by atoms with E-state index in [2.05, 4.69) is 75.2 Å². The van der Waals surface area contributed by atoms with Gasteiger partial charge in [0.1, 0.15) is 23.7 Å². The molecule has 2 bridgehead atoms. The predicted octanol–water partition coefficient (Wildman–Crippen LogP) is 7.02. The van der Waals surface area contributed by atoms with E-state index in [1.165, 1.54) is 14.2 Å². The molecule has 1 aliphatic carbocycles. The summed E-state index contributed by atoms with van der Waals surface area (Å²) in [5.74, 6) is 1.47. The maximum Gasteiger partial charge on any atom is 0.407 e. The van der Waals surface area contributed by atoms with Crippen molar-refractivity contribution in [3.05, 3.63) is 72.4 Å². The van der Waals surface area contributed by atoms with Crippen molar-refractivity contribution >= 4 is 45.8 Å². The molecule has 3 aromatic carbocycles. The molecule has 61 heavy (non-hydrogen) atoms. The second-order valence-electron chi connectivity index (χ2n) is 17.3. The third-order valence-electron chi connectivity index (χ3n) is 13.4. The number of carbonyl (C=O) groups is 4. The molecule has 4 amide bonds. The fraction of sp³-hybridized carbons (Fsp3) is 0.478. The van der Waals surface area contributed by atoms with Crippen molar-refractivity contribution in [2.45, 2.75) is 89.0 Å². The molecule has 3 aliphatic heterocycles. The van der Waals surface area contributed by atoms with Crippen LogP contribution in [0.5, 0.6) is 0 Å². The minimum Gasteiger partial charge on any atom is -0.453 e. The smallest absolute Gasteiger partial charge is 0.407 e. The number of nitrogens with zero attached hydrogens (tertiary/aromatic N) is 4. The third kappa shape index (κ3) is 7.68. The molecular weight excluding hydrogens is 777 g/mol. The number of imidazole rings is 2. The summed E-state index contributed by atoms with van der Waals surface area (Å²) in [5, 5.41) is 7.68. The number of aromatic nitrogens is 4. The summed E-state index contributed by atoms with van der Waals surface area (Å²) >= 11 is 0. The topological polar surface area (TPSA) is 184 Å². The van der Waals surface area contributed by atoms with Crippen LogP contribution in [-0.2, 0) is 23.8 Å². The van der Waals surface area contributed by atoms with Crippen molar-refractivity contribution < 1.29 is 33.4 Å². The zero-order valence-electron chi connectivity index (χ0n) is 35.1. The van der Waals surface area contributed by atoms with Crippen LogP contribution in [0.2, 0.25) is 0 Å². The molecule has 1 saturated carbocycles. The number of ether oxygens (including phenoxy) is 3. The first-order chi connectivity index (χ1) is 29.6. The number of methoxy groups -OCH3 is 2. The number of hydrogen-bond donors (Lipinski definition) is 4. The van der Waals surface area contributed by atoms with Gasteiger partial charge in [-0.25, -0.2) is 19.6 Å². The molecule has 4 N–H and O–H groups in total. The monoisotopic (exact) mass is 830 g/mol. The first-order valence-electron chi connectivity index (χ1n) is 21.6. The lowest BCUT2D eigenvalue weighted by Crippen LogP contribution is -2.54. The van der Waals surface area contributed by atoms with E-state index < -0.39 is 24.3 Å². The number of hydrogen-bond acceptors (Lipinski definition) is 9. The van der Waals surface area contributed by atoms with Crippen LogP contribution in [0.4, 0.5) is 9.59 Å². The molecule has 3 saturated heterocycles. The maximum absolute atomic E-state index is 14.1. The van der Waals surface area contributed by atoms with Crippen LogP contribution in [-0.4, -0.2) is 106 Å². The van der Waals surface area contributed by atoms with Gasteiger partial charge >= 0.3 is 12.2 Å². The van der Waals surface area contributed by atoms with Gasteiger partial charge in [-0.1, -0.05) is 56.3 Å². The number of piperidine rings is 1. The molecule has 0 spiro atoms. The molecule has 2 unspecified atom stereocenters. The van der Waals surface area contributed by atoms with E-state index in [1.807, 2.05) is 29.8 Å². The van der Waals surface area contributed by atoms with Crippen molar-refractivity contribution in [1.82, 2.24) is 40.4 Å². The van der Waals surface area contributed by atoms with Crippen molar-refractivity contribution in [1.29, 1.82) is 0 Å². The lowest BCUT2D eigenvalue weighted by molar-refractivity contribution is -0.139. The van der Waals surface area contributed by atoms with Crippen LogP contribution in [0.1, 0.15) is 82.5 Å². The average Bonchev–Trinajstić information content (AvgIpc) is 4.15. The highest BCUT2D eigenvalue weighted by molar-refractivity contribution is 6.05. The van der Waals surface area contributed by atoms with Gasteiger partial charge in [0.25, 0.3) is 0 Å². The van der Waals surface area contributed by atoms with Crippen LogP contribution in [0.25, 0.3) is 44.2 Å². The first-order valence-corrected chi connectivity index (χ1v) is 21.6. The molecule has 2 aromatic heterocycles. The summed E-state index contributed by atoms with van der Waals surface area (Å²) in [6.45, 7) is 5.57. The summed E-state index contributed by atoms with van der Waals surface area (Å²) in [6, 6.07) is 17.3. The second kappa shape index (κ2) is 16.8. The van der Waals surface area contributed by atoms with Gasteiger partial charge in [-0.2, -0.15) is 0 Å². The van der Waals surface area contributed by atoms with Crippen LogP contribution in [0, 0.1) is 17.8 Å². The summed E-state index contributed by atoms with van der Waals surface area (Å²) in [6.07, 6.45) is 6.51. The van der Waals surface area contributed by atoms with Gasteiger partial charge in [-0.3, -0.25) is 9.59 Å². The zero-order valence-corrected chi connectivity index (χ0v) is 35.1. The Kier molecular flexibility index (Phi) is 11.2. The molecule has 4 aliphatic rings. The van der Waals surface area contributed by atoms with E-state index in [0.29, 0.717) is 38.5 Å². The number of nitrogens with one attached hydrogen (secondary N) is 4. The summed E-state index contributed by atoms with van der Waals surface area (Å²) in [7, 11) is 2.62. The number of alkyl carbamates (subject to hydrolysis) is 2. The third-order valence-corrected chi connectivity index (χ3v) is 13.4. The number of H-pyrrole nitrogens is 2. The number of likely N-dealkylation sites (tertiary alicyclic amines) is 2. The lowest BCUT2D eigenvalue weighted by atomic mass is 9.90. The molecule has 4 fully saturated rings. The summed E-state index contributed by atoms with van der Waals surface area (Å²) < 4.78 is 15.3. The van der Waals surface area contributed by atoms with Gasteiger partial charge in [-0.15, -0.1) is 0 Å². The normalized spacial score (nSPS) is 22.5. The van der Waals surface area contributed by atoms with E-state index in [-0.39, 0.29) is 41.8 Å². The van der Waals surface area contributed by atoms with Crippen molar-refractivity contribution in [2.75, 3.05) is 34.0 Å². The minimum absolute atomic E-state index is 0.0291. The maximum atomic E-state index is 14.1. The molecular formula is C46H54N8O7. The SMILES string of the molecule is COC(=O)NC(C(=O)N1[C@@H]2CC[C@@H](C2)[C@H]1c1nc2c(ccc3cc(-c4ccc(-c5cnc([C@@H]6CCCN6C(=O)C(NC(=O)OC)C6CCOCC6)[nH]5)cc4)ccc32)[nH]1)C(C)C. The summed E-state index contributed by atoms with van der Waals surface area (Å²) in [4.78, 5) is 73.4. The number of benzene rings is 3. The molecule has 0 radical (unpaired) electrons. The van der Waals surface area contributed by atoms with E-state index in [1.54, 1.807) is 0 Å². The fourth-order valence-electron chi connectivity index (χ4n) is 10.3. The second-order valence-corrected chi connectivity index (χ2v) is 17.3. The number of rotatable bonds is 10. The fourth-order valence-corrected chi connectivity index (χ4v) is 10.3. The largest absolute Gasteiger partial charge is 0.453 e. The van der Waals surface area contributed by atoms with E-state index >= 15 is 0 Å². The van der Waals surface area contributed by atoms with Crippen molar-refractivity contribution in [3.63, 3.8) is 0 Å². The van der Waals surface area contributed by atoms with Gasteiger partial charge in [0, 0.05) is 31.2 Å². The van der Waals surface area contributed by atoms with Crippen molar-refractivity contribution in [3.8, 4) is 22.4 Å². The Hall–Kier alpha value is -5.96. The number of carbonyl (C=O) groups excluding carboxylic acids is 4. The van der Waals surface area contributed by atoms with E-state index in [0.717, 1.165) is 87.9 Å². The molecule has 5 heterocycles. The molecule has 320 valence electrons. The number of aromatic amines is 2. The number of fused-ring (bicyclic) bond motifs is 5. The van der Waals surface area contributed by atoms with Crippen LogP contribution >= 0.6 is 0 Å². The average molecular weight is 831 g/mol. The standard InChI is InChI=1S/C46H54N8O7/c1-25(2)37(51-45(57)59-3)44(56)54-32-14-11-31(23-32)40(54)42-48-34-16-13-30-22-29(12-15-33(30)39(34)50-42)26-7-9-27(10-8-26)35-24-47-41(49-35)36-6-5-19-53(36)43(55)38(52-46(58)60-4)28-17-20-61-21-18-28/h7-10,12-13,15-16,22,24-25,28,31-32,36-38,40H,5-6,11,14,17-21,23H2,1-4H3,(H,47,49)(H,48,50)(H,51,57)(H,52,58)/t31-,32+,36-,37?,38?,40-/m0/s1. The van der Waals surface area contributed by atoms with Gasteiger partial charge in [0.05, 0.1) is 49.2 Å². The van der Waals surface area contributed by atoms with Crippen molar-refractivity contribution in [2.24, 2.45) is 17.8 Å². The first kappa shape index (κ1) is 40.4. The Morgan fingerprint density at radius 1 is 0.820 bits per heavy atom. The minimum atomic E-state index is -0.691. The molecule has 6 atom stereocenters. The van der Waals surface area contributed by atoms with Crippen LogP contribution < -0.4 is 10.6 Å². The Morgan fingerprint density at radius 2 is 1.56 bits per heavy atom. The molecule has 15 heteroatoms. The Labute approximate surface area is 354 Å². The molecule has 5 aromatic rings. The summed E-state index contributed by atoms with van der Waals surface area (Å²) in [5.41, 5.74) is 5.76. The van der Waals surface area contributed by atoms with Gasteiger partial charge < -0.3 is 44.6 Å². The quantitative estimate of drug-likeness (QED) is 0.115. The highest BCUT2D eigenvalue weighted by Gasteiger charge is 2.51. The van der Waals surface area contributed by atoms with Crippen LogP contribution in [0.15, 0.2) is 60.8 Å². The lowest BCUT2D eigenvalue weighted by Gasteiger charge is -2.37. The zero-order chi connectivity index (χ0) is 42.4. The van der Waals surface area contributed by atoms with E-state index in [9.17, 15) is 19.2 Å². The highest BCUT2D eigenvalue weighted by atomic mass is 16.5. The molecule has 9 rings (SSSR count). The Morgan fingerprint density at radius 3 is 2.31 bits per heavy atom. The van der Waals surface area contributed by atoms with E-state index in [4.69, 9.17) is 24.2 Å². The van der Waals surface area contributed by atoms with Crippen LogP contribution in [0.3, 0.4) is 0 Å². The Balaban J connectivity index is 0.918. The van der Waals surface area contributed by atoms with Gasteiger partial charge in [-0.05, 0) is 96.9 Å². The number of amides is 4. The predicted molar refractivity (Wildman–Crippen MR) is 228 cm³/mol. The Bertz CT molecular complexity index is 2440. The van der Waals surface area contributed by atoms with Gasteiger partial charge in [0.15, 0.2) is 0 Å². The van der Waals surface area contributed by atoms with Gasteiger partial charge in [0.2, 0.25) is 11.8 Å². The molecule has 15 nitrogen and oxygen atoms in total. The highest BCUT2D eigenvalue weighted by Crippen LogP contribution is 2.50.